The molecule has 0 bridgehead atoms. The standard InChI is InChI=1S/C15H14ClN3OS/c1-9-10(6-14(21-9)15(20)18-17)7-19-8-12(16)11-4-2-3-5-13(11)19/h2-6,8H,7,17H2,1H3,(H,18,20). The zero-order valence-electron chi connectivity index (χ0n) is 11.4. The Hall–Kier alpha value is -1.82. The van der Waals surface area contributed by atoms with Crippen LogP contribution >= 0.6 is 22.9 Å². The number of benzene rings is 1. The van der Waals surface area contributed by atoms with Crippen molar-refractivity contribution in [3.05, 3.63) is 56.9 Å². The van der Waals surface area contributed by atoms with Crippen molar-refractivity contribution in [1.29, 1.82) is 0 Å². The maximum absolute atomic E-state index is 11.6. The number of hydrazine groups is 1. The van der Waals surface area contributed by atoms with Crippen LogP contribution in [0.2, 0.25) is 5.02 Å². The number of hydrogen-bond acceptors (Lipinski definition) is 3. The van der Waals surface area contributed by atoms with E-state index in [1.165, 1.54) is 11.3 Å². The number of aromatic nitrogens is 1. The Labute approximate surface area is 131 Å². The van der Waals surface area contributed by atoms with Crippen LogP contribution in [0.3, 0.4) is 0 Å². The van der Waals surface area contributed by atoms with Crippen LogP contribution in [0.25, 0.3) is 10.9 Å². The Morgan fingerprint density at radius 1 is 1.43 bits per heavy atom. The van der Waals surface area contributed by atoms with Gasteiger partial charge in [-0.05, 0) is 24.6 Å². The van der Waals surface area contributed by atoms with Crippen LogP contribution in [0.4, 0.5) is 0 Å². The van der Waals surface area contributed by atoms with E-state index in [1.54, 1.807) is 0 Å². The molecule has 0 fully saturated rings. The summed E-state index contributed by atoms with van der Waals surface area (Å²) in [5.74, 6) is 4.92. The van der Waals surface area contributed by atoms with E-state index in [4.69, 9.17) is 17.4 Å². The van der Waals surface area contributed by atoms with Crippen LogP contribution in [0.1, 0.15) is 20.1 Å². The third kappa shape index (κ3) is 2.55. The van der Waals surface area contributed by atoms with Crippen molar-refractivity contribution < 1.29 is 4.79 Å². The highest BCUT2D eigenvalue weighted by Gasteiger charge is 2.13. The van der Waals surface area contributed by atoms with E-state index in [1.807, 2.05) is 43.5 Å². The highest BCUT2D eigenvalue weighted by Crippen LogP contribution is 2.28. The fourth-order valence-corrected chi connectivity index (χ4v) is 3.59. The third-order valence-corrected chi connectivity index (χ3v) is 4.85. The molecular weight excluding hydrogens is 306 g/mol. The molecule has 0 aliphatic heterocycles. The minimum atomic E-state index is -0.259. The van der Waals surface area contributed by atoms with E-state index in [9.17, 15) is 4.79 Å². The molecule has 21 heavy (non-hydrogen) atoms. The number of nitrogens with one attached hydrogen (secondary N) is 1. The molecule has 2 aromatic heterocycles. The molecule has 6 heteroatoms. The summed E-state index contributed by atoms with van der Waals surface area (Å²) in [5.41, 5.74) is 4.34. The van der Waals surface area contributed by atoms with Gasteiger partial charge in [0.2, 0.25) is 0 Å². The number of carbonyl (C=O) groups excluding carboxylic acids is 1. The van der Waals surface area contributed by atoms with Gasteiger partial charge in [-0.15, -0.1) is 11.3 Å². The number of para-hydroxylation sites is 1. The Morgan fingerprint density at radius 2 is 2.19 bits per heavy atom. The molecular formula is C15H14ClN3OS. The number of thiophene rings is 1. The zero-order chi connectivity index (χ0) is 15.0. The number of nitrogen functional groups attached to an aromatic ring is 1. The fourth-order valence-electron chi connectivity index (χ4n) is 2.38. The topological polar surface area (TPSA) is 60.1 Å². The number of halogens is 1. The monoisotopic (exact) mass is 319 g/mol. The average Bonchev–Trinajstić information content (AvgIpc) is 3.01. The lowest BCUT2D eigenvalue weighted by Crippen LogP contribution is -2.29. The molecule has 2 heterocycles. The second-order valence-electron chi connectivity index (χ2n) is 4.79. The summed E-state index contributed by atoms with van der Waals surface area (Å²) >= 11 is 7.70. The summed E-state index contributed by atoms with van der Waals surface area (Å²) in [6, 6.07) is 9.88. The molecule has 1 amide bonds. The molecule has 108 valence electrons. The molecule has 3 aromatic rings. The van der Waals surface area contributed by atoms with Gasteiger partial charge in [-0.2, -0.15) is 0 Å². The largest absolute Gasteiger partial charge is 0.341 e. The highest BCUT2D eigenvalue weighted by molar-refractivity contribution is 7.14. The second-order valence-corrected chi connectivity index (χ2v) is 6.45. The molecule has 0 aliphatic rings. The summed E-state index contributed by atoms with van der Waals surface area (Å²) in [7, 11) is 0. The molecule has 4 nitrogen and oxygen atoms in total. The second kappa shape index (κ2) is 5.52. The number of carbonyl (C=O) groups is 1. The molecule has 0 spiro atoms. The highest BCUT2D eigenvalue weighted by atomic mass is 35.5. The smallest absolute Gasteiger partial charge is 0.275 e. The van der Waals surface area contributed by atoms with Crippen molar-refractivity contribution in [2.45, 2.75) is 13.5 Å². The molecule has 0 unspecified atom stereocenters. The summed E-state index contributed by atoms with van der Waals surface area (Å²) in [6.45, 7) is 2.67. The number of nitrogens with zero attached hydrogens (tertiary/aromatic N) is 1. The molecule has 0 saturated heterocycles. The first-order valence-electron chi connectivity index (χ1n) is 6.43. The minimum Gasteiger partial charge on any atom is -0.341 e. The first kappa shape index (κ1) is 14.1. The van der Waals surface area contributed by atoms with E-state index in [0.717, 1.165) is 26.4 Å². The number of hydrogen-bond donors (Lipinski definition) is 2. The van der Waals surface area contributed by atoms with Crippen molar-refractivity contribution in [3.63, 3.8) is 0 Å². The average molecular weight is 320 g/mol. The normalized spacial score (nSPS) is 11.0. The van der Waals surface area contributed by atoms with Crippen molar-refractivity contribution in [2.75, 3.05) is 0 Å². The number of amides is 1. The zero-order valence-corrected chi connectivity index (χ0v) is 13.0. The van der Waals surface area contributed by atoms with Gasteiger partial charge in [-0.3, -0.25) is 10.2 Å². The van der Waals surface area contributed by atoms with Gasteiger partial charge in [0.25, 0.3) is 5.91 Å². The van der Waals surface area contributed by atoms with Crippen molar-refractivity contribution in [1.82, 2.24) is 9.99 Å². The van der Waals surface area contributed by atoms with Crippen LogP contribution in [0.5, 0.6) is 0 Å². The molecule has 0 atom stereocenters. The Balaban J connectivity index is 1.99. The number of rotatable bonds is 3. The summed E-state index contributed by atoms with van der Waals surface area (Å²) < 4.78 is 2.09. The van der Waals surface area contributed by atoms with Gasteiger partial charge in [-0.25, -0.2) is 5.84 Å². The molecule has 3 rings (SSSR count). The lowest BCUT2D eigenvalue weighted by Gasteiger charge is -2.04. The molecule has 0 saturated carbocycles. The van der Waals surface area contributed by atoms with E-state index in [0.29, 0.717) is 11.4 Å². The van der Waals surface area contributed by atoms with Crippen LogP contribution in [0.15, 0.2) is 36.5 Å². The predicted octanol–water partition coefficient (Wildman–Crippen LogP) is 3.32. The van der Waals surface area contributed by atoms with Crippen LogP contribution < -0.4 is 11.3 Å². The number of nitrogens with two attached hydrogens (primary N) is 1. The van der Waals surface area contributed by atoms with Gasteiger partial charge in [0.05, 0.1) is 9.90 Å². The first-order chi connectivity index (χ1) is 10.1. The van der Waals surface area contributed by atoms with Gasteiger partial charge >= 0.3 is 0 Å². The summed E-state index contributed by atoms with van der Waals surface area (Å²) in [4.78, 5) is 13.3. The van der Waals surface area contributed by atoms with Crippen molar-refractivity contribution in [3.8, 4) is 0 Å². The molecule has 0 radical (unpaired) electrons. The third-order valence-electron chi connectivity index (χ3n) is 3.46. The number of fused-ring (bicyclic) bond motifs is 1. The molecule has 0 aliphatic carbocycles. The lowest BCUT2D eigenvalue weighted by atomic mass is 10.2. The maximum atomic E-state index is 11.6. The fraction of sp³-hybridized carbons (Fsp3) is 0.133. The Kier molecular flexibility index (Phi) is 3.71. The quantitative estimate of drug-likeness (QED) is 0.442. The van der Waals surface area contributed by atoms with Gasteiger partial charge < -0.3 is 4.57 Å². The first-order valence-corrected chi connectivity index (χ1v) is 7.63. The molecule has 1 aromatic carbocycles. The lowest BCUT2D eigenvalue weighted by molar-refractivity contribution is 0.0957. The van der Waals surface area contributed by atoms with Crippen LogP contribution in [-0.2, 0) is 6.54 Å². The van der Waals surface area contributed by atoms with Crippen LogP contribution in [0, 0.1) is 6.92 Å². The summed E-state index contributed by atoms with van der Waals surface area (Å²) in [6.07, 6.45) is 1.92. The maximum Gasteiger partial charge on any atom is 0.275 e. The van der Waals surface area contributed by atoms with E-state index < -0.39 is 0 Å². The van der Waals surface area contributed by atoms with Crippen LogP contribution in [-0.4, -0.2) is 10.5 Å². The van der Waals surface area contributed by atoms with E-state index in [2.05, 4.69) is 9.99 Å². The van der Waals surface area contributed by atoms with Gasteiger partial charge in [0.1, 0.15) is 0 Å². The Morgan fingerprint density at radius 3 is 2.95 bits per heavy atom. The number of aryl methyl sites for hydroxylation is 1. The Bertz CT molecular complexity index is 822. The SMILES string of the molecule is Cc1sc(C(=O)NN)cc1Cn1cc(Cl)c2ccccc21. The summed E-state index contributed by atoms with van der Waals surface area (Å²) in [5, 5.41) is 1.77. The van der Waals surface area contributed by atoms with Crippen molar-refractivity contribution >= 4 is 39.7 Å². The van der Waals surface area contributed by atoms with Gasteiger partial charge in [-0.1, -0.05) is 29.8 Å². The van der Waals surface area contributed by atoms with Crippen molar-refractivity contribution in [2.24, 2.45) is 5.84 Å². The van der Waals surface area contributed by atoms with Gasteiger partial charge in [0, 0.05) is 28.5 Å². The van der Waals surface area contributed by atoms with E-state index in [-0.39, 0.29) is 5.91 Å². The van der Waals surface area contributed by atoms with E-state index >= 15 is 0 Å². The minimum absolute atomic E-state index is 0.259. The molecule has 3 N–H and O–H groups in total. The van der Waals surface area contributed by atoms with Gasteiger partial charge in [0.15, 0.2) is 0 Å². The predicted molar refractivity (Wildman–Crippen MR) is 86.8 cm³/mol.